The first-order chi connectivity index (χ1) is 14.2. The molecule has 1 saturated heterocycles. The van der Waals surface area contributed by atoms with E-state index in [1.54, 1.807) is 30.3 Å². The zero-order valence-corrected chi connectivity index (χ0v) is 18.0. The molecule has 1 aliphatic heterocycles. The fraction of sp³-hybridized carbons (Fsp3) is 0.273. The number of esters is 1. The standard InChI is InChI=1S/C22H22ClNO5S/c1-24(19-11-12-30(27,28)15-19)21(25)14-29-22(26)20(13-16-5-3-2-4-6-16)17-7-9-18(23)10-8-17/h2-10,13,19H,11-12,14-15H2,1H3/b20-13+. The molecule has 30 heavy (non-hydrogen) atoms. The smallest absolute Gasteiger partial charge is 0.339 e. The van der Waals surface area contributed by atoms with Gasteiger partial charge in [-0.05, 0) is 35.8 Å². The fourth-order valence-electron chi connectivity index (χ4n) is 3.20. The molecular formula is C22H22ClNO5S. The second-order valence-electron chi connectivity index (χ2n) is 7.11. The van der Waals surface area contributed by atoms with Crippen molar-refractivity contribution in [2.45, 2.75) is 12.5 Å². The number of ether oxygens (including phenoxy) is 1. The van der Waals surface area contributed by atoms with Gasteiger partial charge in [0.15, 0.2) is 16.4 Å². The molecule has 0 N–H and O–H groups in total. The van der Waals surface area contributed by atoms with Crippen LogP contribution in [-0.2, 0) is 24.2 Å². The average molecular weight is 448 g/mol. The zero-order chi connectivity index (χ0) is 21.7. The van der Waals surface area contributed by atoms with Crippen LogP contribution in [0.5, 0.6) is 0 Å². The molecule has 1 heterocycles. The largest absolute Gasteiger partial charge is 0.452 e. The lowest BCUT2D eigenvalue weighted by Crippen LogP contribution is -2.40. The van der Waals surface area contributed by atoms with E-state index < -0.39 is 34.4 Å². The third-order valence-electron chi connectivity index (χ3n) is 4.96. The molecule has 3 rings (SSSR count). The number of nitrogens with zero attached hydrogens (tertiary/aromatic N) is 1. The van der Waals surface area contributed by atoms with Gasteiger partial charge in [-0.25, -0.2) is 13.2 Å². The van der Waals surface area contributed by atoms with Crippen LogP contribution in [0.15, 0.2) is 54.6 Å². The van der Waals surface area contributed by atoms with Crippen molar-refractivity contribution in [2.75, 3.05) is 25.2 Å². The number of likely N-dealkylation sites (N-methyl/N-ethyl adjacent to an activating group) is 1. The number of carbonyl (C=O) groups excluding carboxylic acids is 2. The van der Waals surface area contributed by atoms with E-state index in [1.807, 2.05) is 30.3 Å². The lowest BCUT2D eigenvalue weighted by atomic mass is 10.0. The molecule has 2 aromatic rings. The molecule has 1 aliphatic rings. The number of carbonyl (C=O) groups is 2. The summed E-state index contributed by atoms with van der Waals surface area (Å²) in [6.45, 7) is -0.467. The Kier molecular flexibility index (Phi) is 6.95. The molecule has 2 aromatic carbocycles. The second kappa shape index (κ2) is 9.45. The molecule has 0 aromatic heterocycles. The van der Waals surface area contributed by atoms with Crippen LogP contribution >= 0.6 is 11.6 Å². The fourth-order valence-corrected chi connectivity index (χ4v) is 5.10. The number of halogens is 1. The summed E-state index contributed by atoms with van der Waals surface area (Å²) >= 11 is 5.95. The maximum atomic E-state index is 12.8. The maximum absolute atomic E-state index is 12.8. The Morgan fingerprint density at radius 1 is 1.13 bits per heavy atom. The van der Waals surface area contributed by atoms with Gasteiger partial charge in [0, 0.05) is 18.1 Å². The number of sulfone groups is 1. The predicted octanol–water partition coefficient (Wildman–Crippen LogP) is 3.07. The van der Waals surface area contributed by atoms with E-state index in [0.29, 0.717) is 17.0 Å². The van der Waals surface area contributed by atoms with Gasteiger partial charge in [0.1, 0.15) is 0 Å². The lowest BCUT2D eigenvalue weighted by Gasteiger charge is -2.23. The van der Waals surface area contributed by atoms with Crippen LogP contribution in [0.2, 0.25) is 5.02 Å². The van der Waals surface area contributed by atoms with E-state index in [9.17, 15) is 18.0 Å². The van der Waals surface area contributed by atoms with Crippen molar-refractivity contribution < 1.29 is 22.7 Å². The molecule has 0 radical (unpaired) electrons. The van der Waals surface area contributed by atoms with Gasteiger partial charge in [0.2, 0.25) is 0 Å². The Labute approximate surface area is 181 Å². The summed E-state index contributed by atoms with van der Waals surface area (Å²) in [5, 5.41) is 0.537. The SMILES string of the molecule is CN(C(=O)COC(=O)/C(=C/c1ccccc1)c1ccc(Cl)cc1)C1CCS(=O)(=O)C1. The average Bonchev–Trinajstić information content (AvgIpc) is 3.10. The summed E-state index contributed by atoms with van der Waals surface area (Å²) in [7, 11) is -1.59. The summed E-state index contributed by atoms with van der Waals surface area (Å²) in [5.74, 6) is -1.09. The minimum atomic E-state index is -3.11. The molecular weight excluding hydrogens is 426 g/mol. The van der Waals surface area contributed by atoms with E-state index >= 15 is 0 Å². The third kappa shape index (κ3) is 5.70. The molecule has 0 spiro atoms. The summed E-state index contributed by atoms with van der Waals surface area (Å²) in [5.41, 5.74) is 1.70. The Morgan fingerprint density at radius 2 is 1.80 bits per heavy atom. The molecule has 1 atom stereocenters. The van der Waals surface area contributed by atoms with Crippen LogP contribution in [0.25, 0.3) is 11.6 Å². The lowest BCUT2D eigenvalue weighted by molar-refractivity contribution is -0.147. The quantitative estimate of drug-likeness (QED) is 0.386. The summed E-state index contributed by atoms with van der Waals surface area (Å²) in [6, 6.07) is 15.6. The highest BCUT2D eigenvalue weighted by Gasteiger charge is 2.33. The van der Waals surface area contributed by atoms with Crippen LogP contribution in [0.3, 0.4) is 0 Å². The first-order valence-electron chi connectivity index (χ1n) is 9.41. The van der Waals surface area contributed by atoms with Gasteiger partial charge in [-0.2, -0.15) is 0 Å². The molecule has 8 heteroatoms. The molecule has 1 amide bonds. The Bertz CT molecular complexity index is 1050. The van der Waals surface area contributed by atoms with Crippen LogP contribution in [0, 0.1) is 0 Å². The second-order valence-corrected chi connectivity index (χ2v) is 9.78. The molecule has 0 bridgehead atoms. The van der Waals surface area contributed by atoms with E-state index in [4.69, 9.17) is 16.3 Å². The Morgan fingerprint density at radius 3 is 2.40 bits per heavy atom. The molecule has 1 fully saturated rings. The van der Waals surface area contributed by atoms with Gasteiger partial charge in [0.05, 0.1) is 17.1 Å². The summed E-state index contributed by atoms with van der Waals surface area (Å²) in [4.78, 5) is 26.6. The summed E-state index contributed by atoms with van der Waals surface area (Å²) < 4.78 is 28.5. The van der Waals surface area contributed by atoms with Crippen molar-refractivity contribution in [1.29, 1.82) is 0 Å². The van der Waals surface area contributed by atoms with Crippen molar-refractivity contribution in [3.05, 3.63) is 70.7 Å². The van der Waals surface area contributed by atoms with Gasteiger partial charge in [-0.15, -0.1) is 0 Å². The summed E-state index contributed by atoms with van der Waals surface area (Å²) in [6.07, 6.45) is 2.08. The predicted molar refractivity (Wildman–Crippen MR) is 117 cm³/mol. The van der Waals surface area contributed by atoms with E-state index in [1.165, 1.54) is 11.9 Å². The topological polar surface area (TPSA) is 80.8 Å². The number of hydrogen-bond acceptors (Lipinski definition) is 5. The van der Waals surface area contributed by atoms with Crippen molar-refractivity contribution >= 4 is 45.0 Å². The maximum Gasteiger partial charge on any atom is 0.339 e. The van der Waals surface area contributed by atoms with Crippen molar-refractivity contribution in [2.24, 2.45) is 0 Å². The minimum Gasteiger partial charge on any atom is -0.452 e. The Balaban J connectivity index is 1.73. The molecule has 158 valence electrons. The highest BCUT2D eigenvalue weighted by Crippen LogP contribution is 2.22. The molecule has 0 saturated carbocycles. The van der Waals surface area contributed by atoms with Crippen LogP contribution in [0.4, 0.5) is 0 Å². The zero-order valence-electron chi connectivity index (χ0n) is 16.5. The number of benzene rings is 2. The van der Waals surface area contributed by atoms with Crippen LogP contribution < -0.4 is 0 Å². The molecule has 0 aliphatic carbocycles. The van der Waals surface area contributed by atoms with E-state index in [0.717, 1.165) is 5.56 Å². The van der Waals surface area contributed by atoms with E-state index in [2.05, 4.69) is 0 Å². The highest BCUT2D eigenvalue weighted by atomic mass is 35.5. The molecule has 6 nitrogen and oxygen atoms in total. The first-order valence-corrected chi connectivity index (χ1v) is 11.6. The normalized spacial score (nSPS) is 18.1. The monoisotopic (exact) mass is 447 g/mol. The number of amides is 1. The third-order valence-corrected chi connectivity index (χ3v) is 6.96. The van der Waals surface area contributed by atoms with Crippen LogP contribution in [0.1, 0.15) is 17.5 Å². The molecule has 1 unspecified atom stereocenters. The van der Waals surface area contributed by atoms with Gasteiger partial charge < -0.3 is 9.64 Å². The first kappa shape index (κ1) is 22.1. The minimum absolute atomic E-state index is 0.0624. The Hall–Kier alpha value is -2.64. The van der Waals surface area contributed by atoms with Crippen molar-refractivity contribution in [1.82, 2.24) is 4.90 Å². The van der Waals surface area contributed by atoms with Crippen molar-refractivity contribution in [3.63, 3.8) is 0 Å². The highest BCUT2D eigenvalue weighted by molar-refractivity contribution is 7.91. The van der Waals surface area contributed by atoms with Gasteiger partial charge in [-0.3, -0.25) is 4.79 Å². The van der Waals surface area contributed by atoms with Crippen molar-refractivity contribution in [3.8, 4) is 0 Å². The number of rotatable bonds is 6. The van der Waals surface area contributed by atoms with E-state index in [-0.39, 0.29) is 17.1 Å². The number of hydrogen-bond donors (Lipinski definition) is 0. The van der Waals surface area contributed by atoms with Gasteiger partial charge in [0.25, 0.3) is 5.91 Å². The van der Waals surface area contributed by atoms with Gasteiger partial charge >= 0.3 is 5.97 Å². The van der Waals surface area contributed by atoms with Gasteiger partial charge in [-0.1, -0.05) is 54.1 Å². The van der Waals surface area contributed by atoms with Crippen LogP contribution in [-0.4, -0.2) is 56.4 Å².